The number of carbonyl (C=O) groups excluding carboxylic acids is 7. The Labute approximate surface area is 791 Å². The van der Waals surface area contributed by atoms with Crippen molar-refractivity contribution >= 4 is 115 Å². The highest BCUT2D eigenvalue weighted by molar-refractivity contribution is 8.00. The summed E-state index contributed by atoms with van der Waals surface area (Å²) in [4.78, 5) is 125. The van der Waals surface area contributed by atoms with Crippen LogP contribution >= 0.6 is 11.8 Å². The number of ether oxygens (including phenoxy) is 2. The Hall–Kier alpha value is -11.4. The van der Waals surface area contributed by atoms with Gasteiger partial charge < -0.3 is 65.1 Å². The number of nitrogens with one attached hydrogen (secondary N) is 7. The molecule has 1 aromatic heterocycles. The van der Waals surface area contributed by atoms with Gasteiger partial charge in [-0.3, -0.25) is 33.3 Å². The Kier molecular flexibility index (Phi) is 35.7. The fraction of sp³-hybridized carbons (Fsp3) is 0.387. The van der Waals surface area contributed by atoms with E-state index >= 15 is 24.0 Å². The normalized spacial score (nSPS) is 15.7. The summed E-state index contributed by atoms with van der Waals surface area (Å²) in [5.41, 5.74) is 0.968. The third-order valence-corrected chi connectivity index (χ3v) is 40.6. The van der Waals surface area contributed by atoms with Gasteiger partial charge in [-0.05, 0) is 119 Å². The number of benzene rings is 9. The number of thioether (sulfide) groups is 1. The maximum Gasteiger partial charge on any atom is 0.408 e. The number of hydrogen-bond donors (Lipinski definition) is 8. The van der Waals surface area contributed by atoms with Crippen LogP contribution in [0.4, 0.5) is 10.6 Å². The monoisotopic (exact) mass is 1870 g/mol. The molecular weight excluding hydrogens is 1740 g/mol. The first-order valence-electron chi connectivity index (χ1n) is 46.2. The van der Waals surface area contributed by atoms with Gasteiger partial charge in [0.2, 0.25) is 35.4 Å². The molecule has 0 unspecified atom stereocenters. The van der Waals surface area contributed by atoms with E-state index in [0.29, 0.717) is 11.3 Å². The van der Waals surface area contributed by atoms with Crippen LogP contribution in [0, 0.1) is 17.8 Å². The summed E-state index contributed by atoms with van der Waals surface area (Å²) in [7, 11) is -10.2. The first-order valence-corrected chi connectivity index (χ1v) is 52.9. The van der Waals surface area contributed by atoms with Gasteiger partial charge in [0.15, 0.2) is 0 Å². The third kappa shape index (κ3) is 26.6. The summed E-state index contributed by atoms with van der Waals surface area (Å²) in [6, 6.07) is 79.7. The summed E-state index contributed by atoms with van der Waals surface area (Å²) >= 11 is 1.55. The molecule has 7 amide bonds. The average Bonchev–Trinajstić information content (AvgIpc) is 1.31. The first kappa shape index (κ1) is 102. The number of amides is 7. The lowest BCUT2D eigenvalue weighted by Crippen LogP contribution is -2.69. The molecule has 1 aliphatic heterocycles. The summed E-state index contributed by atoms with van der Waals surface area (Å²) in [5.74, 6) is -4.11. The number of phenols is 1. The van der Waals surface area contributed by atoms with Crippen LogP contribution in [-0.2, 0) is 71.0 Å². The second kappa shape index (κ2) is 46.5. The van der Waals surface area contributed by atoms with Crippen molar-refractivity contribution in [1.82, 2.24) is 41.5 Å². The van der Waals surface area contributed by atoms with E-state index in [2.05, 4.69) is 129 Å². The standard InChI is InChI=1S/C106H133N9O14SSi3/c1-72(2)63-86(109-98(119)75(7)107-93(117)67-90(128-132(105(11,12)13,82-49-33-21-34-50-82)83-51-35-22-36-52-83)87(64-73(3)4)110-101(122)97(74(5)6)114-100(121)89(66-77-57-59-79(116)60-58-77)111-103(124)125-69-78-43-27-18-28-44-78)91(129-133(106(14,15)16,84-53-37-23-38-54-84)85-55-39-24-40-56-85)68-94(118)108-88(65-76-41-25-17-26-42-76)99(120)112-92-61-62-115(102(123)113-92)95-71-130-96(127-95)70-126-131(104(8,9)10,80-45-29-19-30-46-80)81-47-31-20-32-48-81/h17-62,72-75,86-91,95-97,116H,63-71H2,1-16H3,(H,107,117)(H,108,118)(H,109,119)(H,110,122)(H,111,124)(H,114,121)(H,112,113,120,123)/t75-,86-,87-,88-,89-,90-,91-,95+,96-,97-/m0/s1. The molecule has 10 aromatic rings. The second-order valence-corrected chi connectivity index (χ2v) is 52.8. The number of anilines is 1. The van der Waals surface area contributed by atoms with Crippen molar-refractivity contribution < 1.29 is 61.4 Å². The summed E-state index contributed by atoms with van der Waals surface area (Å²) in [5, 5.41) is 35.9. The van der Waals surface area contributed by atoms with Crippen molar-refractivity contribution in [1.29, 1.82) is 0 Å². The number of rotatable bonds is 42. The van der Waals surface area contributed by atoms with Gasteiger partial charge in [-0.2, -0.15) is 4.98 Å². The fourth-order valence-corrected chi connectivity index (χ4v) is 33.0. The zero-order chi connectivity index (χ0) is 95.8. The highest BCUT2D eigenvalue weighted by atomic mass is 32.2. The fourth-order valence-electron chi connectivity index (χ4n) is 17.9. The minimum atomic E-state index is -3.66. The minimum absolute atomic E-state index is 0.00656. The number of phenolic OH excluding ortho intramolecular Hbond substituents is 1. The van der Waals surface area contributed by atoms with E-state index in [-0.39, 0.29) is 80.2 Å². The van der Waals surface area contributed by atoms with Crippen molar-refractivity contribution in [2.75, 3.05) is 17.7 Å². The third-order valence-electron chi connectivity index (χ3n) is 24.4. The maximum atomic E-state index is 15.8. The summed E-state index contributed by atoms with van der Waals surface area (Å²) < 4.78 is 36.8. The number of hydrogen-bond acceptors (Lipinski definition) is 16. The highest BCUT2D eigenvalue weighted by Gasteiger charge is 2.56. The van der Waals surface area contributed by atoms with E-state index in [0.717, 1.165) is 42.2 Å². The number of alkyl carbamates (subject to hydrolysis) is 1. The van der Waals surface area contributed by atoms with Gasteiger partial charge in [-0.25, -0.2) is 9.59 Å². The minimum Gasteiger partial charge on any atom is -0.508 e. The van der Waals surface area contributed by atoms with E-state index < -0.39 is 148 Å². The molecule has 0 saturated carbocycles. The Bertz CT molecular complexity index is 5370. The van der Waals surface area contributed by atoms with Crippen LogP contribution < -0.4 is 74.0 Å². The van der Waals surface area contributed by atoms with Crippen LogP contribution in [0.5, 0.6) is 5.75 Å². The molecule has 0 radical (unpaired) electrons. The molecule has 8 N–H and O–H groups in total. The molecule has 27 heteroatoms. The Morgan fingerprint density at radius 1 is 0.451 bits per heavy atom. The molecule has 704 valence electrons. The molecule has 2 heterocycles. The molecule has 10 atom stereocenters. The quantitative estimate of drug-likeness (QED) is 0.0165. The Balaban J connectivity index is 0.884. The van der Waals surface area contributed by atoms with Gasteiger partial charge in [-0.1, -0.05) is 359 Å². The van der Waals surface area contributed by atoms with Crippen molar-refractivity contribution in [2.45, 2.75) is 231 Å². The van der Waals surface area contributed by atoms with Gasteiger partial charge >= 0.3 is 11.8 Å². The molecular formula is C106H133N9O14SSi3. The van der Waals surface area contributed by atoms with Gasteiger partial charge in [0.1, 0.15) is 54.0 Å². The van der Waals surface area contributed by atoms with E-state index in [9.17, 15) is 19.5 Å². The van der Waals surface area contributed by atoms with Crippen LogP contribution in [0.15, 0.2) is 284 Å². The van der Waals surface area contributed by atoms with E-state index in [1.54, 1.807) is 63.0 Å². The van der Waals surface area contributed by atoms with Gasteiger partial charge in [0.25, 0.3) is 25.0 Å². The first-order chi connectivity index (χ1) is 63.4. The smallest absolute Gasteiger partial charge is 0.408 e. The summed E-state index contributed by atoms with van der Waals surface area (Å²) in [6.07, 6.45) is -2.50. The number of carbonyl (C=O) groups is 7. The Morgan fingerprint density at radius 2 is 0.835 bits per heavy atom. The number of nitrogens with zero attached hydrogens (tertiary/aromatic N) is 2. The van der Waals surface area contributed by atoms with Gasteiger partial charge in [0, 0.05) is 24.8 Å². The number of aromatic nitrogens is 2. The van der Waals surface area contributed by atoms with Crippen LogP contribution in [0.25, 0.3) is 0 Å². The van der Waals surface area contributed by atoms with Crippen LogP contribution in [0.3, 0.4) is 0 Å². The van der Waals surface area contributed by atoms with E-state index in [4.69, 9.17) is 22.8 Å². The van der Waals surface area contributed by atoms with Crippen LogP contribution in [-0.4, -0.2) is 147 Å². The maximum absolute atomic E-state index is 15.8. The van der Waals surface area contributed by atoms with Gasteiger partial charge in [-0.15, -0.1) is 11.8 Å². The van der Waals surface area contributed by atoms with Crippen molar-refractivity contribution in [3.63, 3.8) is 0 Å². The highest BCUT2D eigenvalue weighted by Crippen LogP contribution is 2.43. The van der Waals surface area contributed by atoms with Crippen LogP contribution in [0.2, 0.25) is 15.1 Å². The van der Waals surface area contributed by atoms with Crippen molar-refractivity contribution in [3.05, 3.63) is 306 Å². The van der Waals surface area contributed by atoms with Crippen molar-refractivity contribution in [2.24, 2.45) is 17.8 Å². The Morgan fingerprint density at radius 3 is 1.24 bits per heavy atom. The molecule has 1 saturated heterocycles. The molecule has 133 heavy (non-hydrogen) atoms. The second-order valence-electron chi connectivity index (χ2n) is 38.8. The lowest BCUT2D eigenvalue weighted by molar-refractivity contribution is -0.133. The average molecular weight is 1870 g/mol. The van der Waals surface area contributed by atoms with Crippen LogP contribution in [0.1, 0.15) is 159 Å². The van der Waals surface area contributed by atoms with E-state index in [1.165, 1.54) is 22.8 Å². The molecule has 9 aromatic carbocycles. The molecule has 0 spiro atoms. The lowest BCUT2D eigenvalue weighted by Gasteiger charge is -2.47. The SMILES string of the molecule is CC(C)C[C@H](NC(=O)[C@H](C)NC(=O)C[C@H](O[Si](c1ccccc1)(c1ccccc1)C(C)(C)C)[C@H](CC(C)C)NC(=O)[C@@H](NC(=O)[C@H](Cc1ccc(O)cc1)NC(=O)OCc1ccccc1)C(C)C)[C@H](CC(=O)N[C@@H](Cc1ccccc1)C(=O)Nc1ccn([C@H]2CS[C@@H](CO[Si](c3ccccc3)(c3ccccc3)C(C)(C)C)O2)c(=O)n1)O[Si](c1ccccc1)(c1ccccc1)C(C)(C)C. The predicted molar refractivity (Wildman–Crippen MR) is 536 cm³/mol. The molecule has 0 aliphatic carbocycles. The van der Waals surface area contributed by atoms with E-state index in [1.807, 2.05) is 234 Å². The topological polar surface area (TPSA) is 305 Å². The van der Waals surface area contributed by atoms with Crippen molar-refractivity contribution in [3.8, 4) is 5.75 Å². The molecule has 1 aliphatic rings. The largest absolute Gasteiger partial charge is 0.508 e. The van der Waals surface area contributed by atoms with Gasteiger partial charge in [0.05, 0.1) is 43.7 Å². The molecule has 23 nitrogen and oxygen atoms in total. The molecule has 0 bridgehead atoms. The predicted octanol–water partition coefficient (Wildman–Crippen LogP) is 13.7. The lowest BCUT2D eigenvalue weighted by atomic mass is 9.95. The number of aromatic hydroxyl groups is 1. The zero-order valence-corrected chi connectivity index (χ0v) is 83.3. The molecule has 11 rings (SSSR count). The zero-order valence-electron chi connectivity index (χ0n) is 79.5. The molecule has 1 fully saturated rings. The summed E-state index contributed by atoms with van der Waals surface area (Å²) in [6.45, 7) is 32.7.